The number of hydrogen-bond donors (Lipinski definition) is 3. The lowest BCUT2D eigenvalue weighted by Crippen LogP contribution is -2.38. The van der Waals surface area contributed by atoms with Crippen LogP contribution in [0.15, 0.2) is 24.3 Å². The van der Waals surface area contributed by atoms with Gasteiger partial charge in [0.2, 0.25) is 5.91 Å². The van der Waals surface area contributed by atoms with Gasteiger partial charge in [0, 0.05) is 0 Å². The van der Waals surface area contributed by atoms with E-state index < -0.39 is 17.9 Å². The highest BCUT2D eigenvalue weighted by Crippen LogP contribution is 2.17. The van der Waals surface area contributed by atoms with Crippen LogP contribution < -0.4 is 11.1 Å². The average molecular weight is 275 g/mol. The van der Waals surface area contributed by atoms with E-state index in [9.17, 15) is 9.59 Å². The number of nitrogens with two attached hydrogens (primary N) is 1. The molecule has 0 heterocycles. The van der Waals surface area contributed by atoms with Gasteiger partial charge < -0.3 is 20.9 Å². The van der Waals surface area contributed by atoms with Gasteiger partial charge in [-0.3, -0.25) is 4.79 Å². The van der Waals surface area contributed by atoms with Gasteiger partial charge >= 0.3 is 5.97 Å². The summed E-state index contributed by atoms with van der Waals surface area (Å²) in [4.78, 5) is 22.7. The molecule has 0 spiro atoms. The van der Waals surface area contributed by atoms with Crippen molar-refractivity contribution in [1.82, 2.24) is 5.32 Å². The summed E-state index contributed by atoms with van der Waals surface area (Å²) in [6, 6.07) is 4.96. The Balaban J connectivity index is 0.00000289. The van der Waals surface area contributed by atoms with Crippen LogP contribution in [-0.2, 0) is 14.3 Å². The van der Waals surface area contributed by atoms with E-state index in [-0.39, 0.29) is 24.7 Å². The van der Waals surface area contributed by atoms with Crippen molar-refractivity contribution >= 4 is 24.3 Å². The van der Waals surface area contributed by atoms with Crippen molar-refractivity contribution in [3.63, 3.8) is 0 Å². The fraction of sp³-hybridized carbons (Fsp3) is 0.273. The summed E-state index contributed by atoms with van der Waals surface area (Å²) in [6.45, 7) is -0.217. The Morgan fingerprint density at radius 2 is 1.94 bits per heavy atom. The van der Waals surface area contributed by atoms with Gasteiger partial charge in [-0.15, -0.1) is 12.4 Å². The van der Waals surface area contributed by atoms with Gasteiger partial charge in [0.25, 0.3) is 0 Å². The maximum Gasteiger partial charge on any atom is 0.333 e. The summed E-state index contributed by atoms with van der Waals surface area (Å²) in [5, 5.41) is 11.6. The molecule has 0 aliphatic rings. The van der Waals surface area contributed by atoms with Gasteiger partial charge in [-0.25, -0.2) is 4.79 Å². The number of rotatable bonds is 4. The molecule has 1 atom stereocenters. The van der Waals surface area contributed by atoms with E-state index in [4.69, 9.17) is 10.8 Å². The molecule has 18 heavy (non-hydrogen) atoms. The Labute approximate surface area is 111 Å². The van der Waals surface area contributed by atoms with Gasteiger partial charge in [-0.1, -0.05) is 12.1 Å². The first-order chi connectivity index (χ1) is 8.08. The zero-order valence-corrected chi connectivity index (χ0v) is 10.6. The maximum atomic E-state index is 11.5. The van der Waals surface area contributed by atoms with Gasteiger partial charge in [-0.2, -0.15) is 0 Å². The largest absolute Gasteiger partial charge is 0.508 e. The normalized spacial score (nSPS) is 11.0. The van der Waals surface area contributed by atoms with Crippen LogP contribution in [0.4, 0.5) is 0 Å². The number of methoxy groups -OCH3 is 1. The maximum absolute atomic E-state index is 11.5. The number of amides is 1. The average Bonchev–Trinajstić information content (AvgIpc) is 2.36. The molecule has 0 radical (unpaired) electrons. The molecule has 0 bridgehead atoms. The minimum Gasteiger partial charge on any atom is -0.508 e. The Morgan fingerprint density at radius 3 is 2.39 bits per heavy atom. The van der Waals surface area contributed by atoms with Crippen molar-refractivity contribution in [1.29, 1.82) is 0 Å². The molecule has 0 saturated heterocycles. The molecule has 0 aliphatic carbocycles. The van der Waals surface area contributed by atoms with E-state index in [1.165, 1.54) is 31.4 Å². The SMILES string of the molecule is COC(=O)[C@H](NC(=O)CN)c1ccc(O)cc1.Cl. The fourth-order valence-electron chi connectivity index (χ4n) is 1.28. The second-order valence-corrected chi connectivity index (χ2v) is 3.32. The van der Waals surface area contributed by atoms with Crippen molar-refractivity contribution in [2.75, 3.05) is 13.7 Å². The molecule has 1 amide bonds. The molecule has 0 saturated carbocycles. The van der Waals surface area contributed by atoms with E-state index in [1.54, 1.807) is 0 Å². The predicted octanol–water partition coefficient (Wildman–Crippen LogP) is 0.103. The molecule has 0 aromatic heterocycles. The van der Waals surface area contributed by atoms with E-state index in [0.717, 1.165) is 0 Å². The third-order valence-electron chi connectivity index (χ3n) is 2.15. The van der Waals surface area contributed by atoms with E-state index in [0.29, 0.717) is 5.56 Å². The number of phenolic OH excluding ortho intramolecular Hbond substituents is 1. The molecule has 100 valence electrons. The number of phenols is 1. The Morgan fingerprint density at radius 1 is 1.39 bits per heavy atom. The molecule has 0 aliphatic heterocycles. The lowest BCUT2D eigenvalue weighted by molar-refractivity contribution is -0.145. The van der Waals surface area contributed by atoms with Crippen LogP contribution in [0, 0.1) is 0 Å². The molecular formula is C11H15ClN2O4. The predicted molar refractivity (Wildman–Crippen MR) is 67.3 cm³/mol. The van der Waals surface area contributed by atoms with Gasteiger partial charge in [0.05, 0.1) is 13.7 Å². The van der Waals surface area contributed by atoms with Crippen LogP contribution in [0.3, 0.4) is 0 Å². The summed E-state index contributed by atoms with van der Waals surface area (Å²) in [7, 11) is 1.23. The Bertz CT molecular complexity index is 408. The highest BCUT2D eigenvalue weighted by molar-refractivity contribution is 5.86. The van der Waals surface area contributed by atoms with Crippen LogP contribution in [0.2, 0.25) is 0 Å². The summed E-state index contributed by atoms with van der Waals surface area (Å²) in [5.41, 5.74) is 5.67. The second kappa shape index (κ2) is 7.52. The van der Waals surface area contributed by atoms with E-state index in [1.807, 2.05) is 0 Å². The highest BCUT2D eigenvalue weighted by atomic mass is 35.5. The first-order valence-electron chi connectivity index (χ1n) is 4.94. The van der Waals surface area contributed by atoms with E-state index in [2.05, 4.69) is 10.1 Å². The monoisotopic (exact) mass is 274 g/mol. The molecule has 1 rings (SSSR count). The summed E-state index contributed by atoms with van der Waals surface area (Å²) in [6.07, 6.45) is 0. The van der Waals surface area contributed by atoms with Crippen LogP contribution >= 0.6 is 12.4 Å². The summed E-state index contributed by atoms with van der Waals surface area (Å²) >= 11 is 0. The first kappa shape index (κ1) is 16.2. The van der Waals surface area contributed by atoms with Crippen molar-refractivity contribution in [2.45, 2.75) is 6.04 Å². The van der Waals surface area contributed by atoms with Gasteiger partial charge in [-0.05, 0) is 17.7 Å². The molecule has 0 fully saturated rings. The smallest absolute Gasteiger partial charge is 0.333 e. The number of ether oxygens (including phenoxy) is 1. The highest BCUT2D eigenvalue weighted by Gasteiger charge is 2.22. The number of aromatic hydroxyl groups is 1. The number of carbonyl (C=O) groups is 2. The van der Waals surface area contributed by atoms with E-state index >= 15 is 0 Å². The molecule has 6 nitrogen and oxygen atoms in total. The van der Waals surface area contributed by atoms with Crippen LogP contribution in [0.5, 0.6) is 5.75 Å². The van der Waals surface area contributed by atoms with Crippen molar-refractivity contribution < 1.29 is 19.4 Å². The summed E-state index contributed by atoms with van der Waals surface area (Å²) < 4.78 is 4.59. The van der Waals surface area contributed by atoms with Gasteiger partial charge in [0.15, 0.2) is 6.04 Å². The molecule has 7 heteroatoms. The fourth-order valence-corrected chi connectivity index (χ4v) is 1.28. The quantitative estimate of drug-likeness (QED) is 0.676. The molecule has 1 aromatic carbocycles. The zero-order valence-electron chi connectivity index (χ0n) is 9.75. The second-order valence-electron chi connectivity index (χ2n) is 3.32. The third kappa shape index (κ3) is 4.23. The standard InChI is InChI=1S/C11H14N2O4.ClH/c1-17-11(16)10(13-9(15)6-12)7-2-4-8(14)5-3-7;/h2-5,10,14H,6,12H2,1H3,(H,13,15);1H/t10-;/m1./s1. The lowest BCUT2D eigenvalue weighted by Gasteiger charge is -2.16. The number of benzene rings is 1. The number of carbonyl (C=O) groups excluding carboxylic acids is 2. The van der Waals surface area contributed by atoms with Crippen molar-refractivity contribution in [3.8, 4) is 5.75 Å². The lowest BCUT2D eigenvalue weighted by atomic mass is 10.1. The van der Waals surface area contributed by atoms with Crippen LogP contribution in [-0.4, -0.2) is 30.6 Å². The number of hydrogen-bond acceptors (Lipinski definition) is 5. The Hall–Kier alpha value is -1.79. The van der Waals surface area contributed by atoms with Gasteiger partial charge in [0.1, 0.15) is 5.75 Å². The first-order valence-corrected chi connectivity index (χ1v) is 4.94. The minimum absolute atomic E-state index is 0. The number of nitrogens with one attached hydrogen (secondary N) is 1. The van der Waals surface area contributed by atoms with Crippen molar-refractivity contribution in [3.05, 3.63) is 29.8 Å². The molecule has 1 aromatic rings. The third-order valence-corrected chi connectivity index (χ3v) is 2.15. The topological polar surface area (TPSA) is 102 Å². The Kier molecular flexibility index (Phi) is 6.77. The zero-order chi connectivity index (χ0) is 12.8. The minimum atomic E-state index is -0.920. The van der Waals surface area contributed by atoms with Crippen LogP contribution in [0.25, 0.3) is 0 Å². The van der Waals surface area contributed by atoms with Crippen LogP contribution in [0.1, 0.15) is 11.6 Å². The summed E-state index contributed by atoms with van der Waals surface area (Å²) in [5.74, 6) is -0.992. The molecule has 0 unspecified atom stereocenters. The number of esters is 1. The number of halogens is 1. The molecule has 4 N–H and O–H groups in total. The molecular weight excluding hydrogens is 260 g/mol. The van der Waals surface area contributed by atoms with Crippen molar-refractivity contribution in [2.24, 2.45) is 5.73 Å².